The van der Waals surface area contributed by atoms with Gasteiger partial charge in [0, 0.05) is 18.5 Å². The van der Waals surface area contributed by atoms with E-state index in [1.165, 1.54) is 24.2 Å². The zero-order valence-corrected chi connectivity index (χ0v) is 10.9. The van der Waals surface area contributed by atoms with Gasteiger partial charge in [-0.2, -0.15) is 0 Å². The first-order valence-electron chi connectivity index (χ1n) is 6.31. The van der Waals surface area contributed by atoms with Crippen molar-refractivity contribution in [2.75, 3.05) is 18.0 Å². The number of thiazole rings is 1. The average Bonchev–Trinajstić information content (AvgIpc) is 3.04. The highest BCUT2D eigenvalue weighted by atomic mass is 32.1. The molecule has 2 fully saturated rings. The monoisotopic (exact) mass is 268 g/mol. The number of nitrogens with zero attached hydrogens (tertiary/aromatic N) is 2. The minimum absolute atomic E-state index is 0.145. The van der Waals surface area contributed by atoms with Crippen molar-refractivity contribution in [2.24, 2.45) is 0 Å². The molecule has 0 radical (unpaired) electrons. The van der Waals surface area contributed by atoms with Crippen molar-refractivity contribution >= 4 is 22.4 Å². The van der Waals surface area contributed by atoms with Gasteiger partial charge in [-0.05, 0) is 25.7 Å². The highest BCUT2D eigenvalue weighted by Crippen LogP contribution is 2.30. The zero-order chi connectivity index (χ0) is 12.5. The number of hydrogen-bond donors (Lipinski definition) is 1. The minimum atomic E-state index is -0.954. The summed E-state index contributed by atoms with van der Waals surface area (Å²) < 4.78 is 5.89. The predicted molar refractivity (Wildman–Crippen MR) is 68.4 cm³/mol. The fourth-order valence-electron chi connectivity index (χ4n) is 2.17. The van der Waals surface area contributed by atoms with Crippen LogP contribution in [0.3, 0.4) is 0 Å². The summed E-state index contributed by atoms with van der Waals surface area (Å²) in [6.07, 6.45) is 5.35. The summed E-state index contributed by atoms with van der Waals surface area (Å²) in [5, 5.41) is 11.3. The molecule has 0 atom stereocenters. The number of carboxylic acid groups (broad SMARTS) is 1. The molecule has 2 heterocycles. The van der Waals surface area contributed by atoms with Crippen molar-refractivity contribution in [1.82, 2.24) is 4.98 Å². The summed E-state index contributed by atoms with van der Waals surface area (Å²) in [4.78, 5) is 17.1. The van der Waals surface area contributed by atoms with E-state index in [-0.39, 0.29) is 5.69 Å². The Kier molecular flexibility index (Phi) is 3.22. The van der Waals surface area contributed by atoms with Gasteiger partial charge in [0.05, 0.1) is 12.2 Å². The second-order valence-electron chi connectivity index (χ2n) is 4.84. The maximum atomic E-state index is 10.8. The van der Waals surface area contributed by atoms with E-state index in [1.54, 1.807) is 5.38 Å². The van der Waals surface area contributed by atoms with Crippen molar-refractivity contribution in [3.8, 4) is 0 Å². The first-order valence-corrected chi connectivity index (χ1v) is 7.19. The lowest BCUT2D eigenvalue weighted by Crippen LogP contribution is -2.37. The number of hydrogen-bond acceptors (Lipinski definition) is 5. The number of anilines is 1. The van der Waals surface area contributed by atoms with E-state index in [2.05, 4.69) is 9.88 Å². The van der Waals surface area contributed by atoms with Crippen LogP contribution in [-0.2, 0) is 4.74 Å². The molecule has 1 saturated heterocycles. The fourth-order valence-corrected chi connectivity index (χ4v) is 3.02. The molecule has 6 heteroatoms. The van der Waals surface area contributed by atoms with Crippen LogP contribution in [0.4, 0.5) is 5.13 Å². The molecule has 1 aliphatic carbocycles. The molecule has 1 aliphatic heterocycles. The van der Waals surface area contributed by atoms with E-state index < -0.39 is 5.97 Å². The number of ether oxygens (including phenoxy) is 1. The van der Waals surface area contributed by atoms with Gasteiger partial charge < -0.3 is 14.7 Å². The smallest absolute Gasteiger partial charge is 0.355 e. The molecule has 98 valence electrons. The van der Waals surface area contributed by atoms with Gasteiger partial charge in [0.25, 0.3) is 0 Å². The van der Waals surface area contributed by atoms with Gasteiger partial charge in [-0.25, -0.2) is 9.78 Å². The maximum absolute atomic E-state index is 10.8. The van der Waals surface area contributed by atoms with Crippen molar-refractivity contribution in [3.63, 3.8) is 0 Å². The van der Waals surface area contributed by atoms with Crippen LogP contribution in [0.25, 0.3) is 0 Å². The Morgan fingerprint density at radius 2 is 2.00 bits per heavy atom. The van der Waals surface area contributed by atoms with E-state index in [0.717, 1.165) is 31.1 Å². The molecule has 1 aromatic rings. The summed E-state index contributed by atoms with van der Waals surface area (Å²) in [6, 6.07) is 0. The number of aromatic nitrogens is 1. The van der Waals surface area contributed by atoms with Crippen LogP contribution >= 0.6 is 11.3 Å². The summed E-state index contributed by atoms with van der Waals surface area (Å²) >= 11 is 1.41. The Labute approximate surface area is 109 Å². The molecule has 0 aromatic carbocycles. The molecule has 2 aliphatic rings. The molecular formula is C12H16N2O3S. The molecule has 5 nitrogen and oxygen atoms in total. The molecule has 1 saturated carbocycles. The van der Waals surface area contributed by atoms with Crippen molar-refractivity contribution < 1.29 is 14.6 Å². The van der Waals surface area contributed by atoms with E-state index in [4.69, 9.17) is 9.84 Å². The Balaban J connectivity index is 1.55. The van der Waals surface area contributed by atoms with Gasteiger partial charge in [-0.3, -0.25) is 0 Å². The second kappa shape index (κ2) is 4.85. The standard InChI is InChI=1S/C12H16N2O3S/c15-11(16)10-7-18-12(13-10)14-5-3-9(4-6-14)17-8-1-2-8/h7-9H,1-6H2,(H,15,16). The third-order valence-electron chi connectivity index (χ3n) is 3.33. The van der Waals surface area contributed by atoms with Crippen LogP contribution in [0.2, 0.25) is 0 Å². The third-order valence-corrected chi connectivity index (χ3v) is 4.23. The topological polar surface area (TPSA) is 62.7 Å². The van der Waals surface area contributed by atoms with E-state index >= 15 is 0 Å². The summed E-state index contributed by atoms with van der Waals surface area (Å²) in [5.41, 5.74) is 0.145. The molecule has 0 unspecified atom stereocenters. The van der Waals surface area contributed by atoms with Crippen molar-refractivity contribution in [2.45, 2.75) is 37.9 Å². The number of carbonyl (C=O) groups is 1. The largest absolute Gasteiger partial charge is 0.476 e. The quantitative estimate of drug-likeness (QED) is 0.904. The fraction of sp³-hybridized carbons (Fsp3) is 0.667. The summed E-state index contributed by atoms with van der Waals surface area (Å²) in [6.45, 7) is 1.81. The van der Waals surface area contributed by atoms with Crippen molar-refractivity contribution in [1.29, 1.82) is 0 Å². The Morgan fingerprint density at radius 1 is 1.33 bits per heavy atom. The number of carboxylic acids is 1. The van der Waals surface area contributed by atoms with E-state index in [0.29, 0.717) is 12.2 Å². The highest BCUT2D eigenvalue weighted by Gasteiger charge is 2.29. The maximum Gasteiger partial charge on any atom is 0.355 e. The molecule has 1 aromatic heterocycles. The summed E-state index contributed by atoms with van der Waals surface area (Å²) in [5.74, 6) is -0.954. The molecular weight excluding hydrogens is 252 g/mol. The molecule has 0 spiro atoms. The minimum Gasteiger partial charge on any atom is -0.476 e. The van der Waals surface area contributed by atoms with E-state index in [9.17, 15) is 4.79 Å². The molecule has 1 N–H and O–H groups in total. The summed E-state index contributed by atoms with van der Waals surface area (Å²) in [7, 11) is 0. The number of piperidine rings is 1. The predicted octanol–water partition coefficient (Wildman–Crippen LogP) is 1.99. The van der Waals surface area contributed by atoms with Gasteiger partial charge in [-0.15, -0.1) is 11.3 Å². The van der Waals surface area contributed by atoms with Gasteiger partial charge in [0.1, 0.15) is 0 Å². The van der Waals surface area contributed by atoms with E-state index in [1.807, 2.05) is 0 Å². The van der Waals surface area contributed by atoms with Gasteiger partial charge in [-0.1, -0.05) is 0 Å². The Morgan fingerprint density at radius 3 is 2.56 bits per heavy atom. The van der Waals surface area contributed by atoms with Crippen LogP contribution in [0.1, 0.15) is 36.2 Å². The molecule has 0 amide bonds. The Bertz CT molecular complexity index is 436. The normalized spacial score (nSPS) is 21.2. The van der Waals surface area contributed by atoms with Crippen LogP contribution < -0.4 is 4.90 Å². The van der Waals surface area contributed by atoms with Crippen LogP contribution in [0.15, 0.2) is 5.38 Å². The first-order chi connectivity index (χ1) is 8.72. The molecule has 3 rings (SSSR count). The second-order valence-corrected chi connectivity index (χ2v) is 5.68. The van der Waals surface area contributed by atoms with Crippen LogP contribution in [0.5, 0.6) is 0 Å². The highest BCUT2D eigenvalue weighted by molar-refractivity contribution is 7.13. The van der Waals surface area contributed by atoms with Crippen molar-refractivity contribution in [3.05, 3.63) is 11.1 Å². The SMILES string of the molecule is O=C(O)c1csc(N2CCC(OC3CC3)CC2)n1. The zero-order valence-electron chi connectivity index (χ0n) is 10.0. The number of aromatic carboxylic acids is 1. The lowest BCUT2D eigenvalue weighted by molar-refractivity contribution is 0.0247. The van der Waals surface area contributed by atoms with Gasteiger partial charge >= 0.3 is 5.97 Å². The van der Waals surface area contributed by atoms with Crippen LogP contribution in [-0.4, -0.2) is 41.4 Å². The third kappa shape index (κ3) is 2.64. The number of rotatable bonds is 4. The van der Waals surface area contributed by atoms with Crippen LogP contribution in [0, 0.1) is 0 Å². The first kappa shape index (κ1) is 11.9. The lowest BCUT2D eigenvalue weighted by Gasteiger charge is -2.31. The Hall–Kier alpha value is -1.14. The van der Waals surface area contributed by atoms with Gasteiger partial charge in [0.15, 0.2) is 10.8 Å². The molecule has 18 heavy (non-hydrogen) atoms. The van der Waals surface area contributed by atoms with Gasteiger partial charge in [0.2, 0.25) is 0 Å². The molecule has 0 bridgehead atoms. The average molecular weight is 268 g/mol. The lowest BCUT2D eigenvalue weighted by atomic mass is 10.1.